The second-order valence-electron chi connectivity index (χ2n) is 3.55. The number of hydrogen-bond acceptors (Lipinski definition) is 0. The topological polar surface area (TPSA) is 0 Å². The van der Waals surface area contributed by atoms with E-state index in [1.54, 1.807) is 0 Å². The summed E-state index contributed by atoms with van der Waals surface area (Å²) in [5.74, 6) is -11.2. The van der Waals surface area contributed by atoms with Crippen LogP contribution in [0.25, 0.3) is 11.1 Å². The van der Waals surface area contributed by atoms with Crippen molar-refractivity contribution in [2.45, 2.75) is 0 Å². The van der Waals surface area contributed by atoms with E-state index in [0.29, 0.717) is 0 Å². The molecular formula is C12H3F6I. The molecule has 0 unspecified atom stereocenters. The van der Waals surface area contributed by atoms with E-state index in [0.717, 1.165) is 18.2 Å². The molecule has 0 aliphatic rings. The van der Waals surface area contributed by atoms with Gasteiger partial charge in [-0.3, -0.25) is 0 Å². The van der Waals surface area contributed by atoms with Gasteiger partial charge in [-0.1, -0.05) is 12.1 Å². The van der Waals surface area contributed by atoms with Crippen LogP contribution in [0.15, 0.2) is 18.2 Å². The number of benzene rings is 2. The fraction of sp³-hybridized carbons (Fsp3) is 0. The predicted octanol–water partition coefficient (Wildman–Crippen LogP) is 4.79. The minimum Gasteiger partial charge on any atom is -0.206 e. The van der Waals surface area contributed by atoms with Gasteiger partial charge in [-0.2, -0.15) is 0 Å². The first-order valence-corrected chi connectivity index (χ1v) is 5.90. The molecule has 0 spiro atoms. The van der Waals surface area contributed by atoms with E-state index < -0.39 is 46.0 Å². The molecule has 0 bridgehead atoms. The van der Waals surface area contributed by atoms with Crippen molar-refractivity contribution in [3.05, 3.63) is 56.7 Å². The summed E-state index contributed by atoms with van der Waals surface area (Å²) in [6.07, 6.45) is 0. The Morgan fingerprint density at radius 2 is 1.16 bits per heavy atom. The molecule has 0 aromatic heterocycles. The third-order valence-electron chi connectivity index (χ3n) is 2.43. The molecule has 0 radical (unpaired) electrons. The quantitative estimate of drug-likeness (QED) is 0.285. The summed E-state index contributed by atoms with van der Waals surface area (Å²) >= 11 is 1.43. The fourth-order valence-corrected chi connectivity index (χ4v) is 2.17. The molecule has 7 heteroatoms. The minimum atomic E-state index is -2.25. The van der Waals surface area contributed by atoms with E-state index in [9.17, 15) is 26.3 Å². The summed E-state index contributed by atoms with van der Waals surface area (Å²) in [6.45, 7) is 0. The summed E-state index contributed by atoms with van der Waals surface area (Å²) in [6, 6.07) is 3.20. The van der Waals surface area contributed by atoms with Gasteiger partial charge >= 0.3 is 0 Å². The number of rotatable bonds is 1. The normalized spacial score (nSPS) is 10.9. The standard InChI is InChI=1S/C12H3F6I/c13-5-3-1-2-4(12(5)19)6-7(14)9(16)11(18)10(17)8(6)15/h1-3H. The highest BCUT2D eigenvalue weighted by Crippen LogP contribution is 2.34. The highest BCUT2D eigenvalue weighted by Gasteiger charge is 2.27. The van der Waals surface area contributed by atoms with Crippen LogP contribution in [0.1, 0.15) is 0 Å². The Morgan fingerprint density at radius 1 is 0.684 bits per heavy atom. The van der Waals surface area contributed by atoms with Gasteiger partial charge in [0.25, 0.3) is 0 Å². The van der Waals surface area contributed by atoms with Gasteiger partial charge in [0.2, 0.25) is 5.82 Å². The lowest BCUT2D eigenvalue weighted by Gasteiger charge is -2.10. The average Bonchev–Trinajstić information content (AvgIpc) is 2.39. The molecule has 0 amide bonds. The Bertz CT molecular complexity index is 639. The molecule has 2 aromatic rings. The van der Waals surface area contributed by atoms with Crippen LogP contribution < -0.4 is 0 Å². The zero-order valence-corrected chi connectivity index (χ0v) is 11.0. The lowest BCUT2D eigenvalue weighted by atomic mass is 10.0. The molecule has 0 N–H and O–H groups in total. The maximum Gasteiger partial charge on any atom is 0.200 e. The van der Waals surface area contributed by atoms with Crippen LogP contribution in [0.3, 0.4) is 0 Å². The van der Waals surface area contributed by atoms with E-state index >= 15 is 0 Å². The second-order valence-corrected chi connectivity index (χ2v) is 4.63. The van der Waals surface area contributed by atoms with Crippen LogP contribution in [-0.4, -0.2) is 0 Å². The lowest BCUT2D eigenvalue weighted by Crippen LogP contribution is -2.05. The van der Waals surface area contributed by atoms with Crippen molar-refractivity contribution in [1.29, 1.82) is 0 Å². The van der Waals surface area contributed by atoms with Crippen molar-refractivity contribution in [2.24, 2.45) is 0 Å². The zero-order chi connectivity index (χ0) is 14.3. The zero-order valence-electron chi connectivity index (χ0n) is 8.88. The van der Waals surface area contributed by atoms with Gasteiger partial charge < -0.3 is 0 Å². The molecule has 0 saturated heterocycles. The van der Waals surface area contributed by atoms with Gasteiger partial charge in [0.05, 0.1) is 9.13 Å². The van der Waals surface area contributed by atoms with E-state index in [2.05, 4.69) is 0 Å². The lowest BCUT2D eigenvalue weighted by molar-refractivity contribution is 0.381. The Labute approximate surface area is 117 Å². The van der Waals surface area contributed by atoms with Crippen molar-refractivity contribution in [3.8, 4) is 11.1 Å². The van der Waals surface area contributed by atoms with Gasteiger partial charge in [-0.15, -0.1) is 0 Å². The van der Waals surface area contributed by atoms with Crippen molar-refractivity contribution in [2.75, 3.05) is 0 Å². The predicted molar refractivity (Wildman–Crippen MR) is 64.3 cm³/mol. The van der Waals surface area contributed by atoms with E-state index in [1.807, 2.05) is 0 Å². The molecule has 0 fully saturated rings. The molecule has 0 aliphatic heterocycles. The Hall–Kier alpha value is -1.25. The van der Waals surface area contributed by atoms with Crippen LogP contribution in [0.4, 0.5) is 26.3 Å². The van der Waals surface area contributed by atoms with Gasteiger partial charge in [-0.25, -0.2) is 26.3 Å². The van der Waals surface area contributed by atoms with Gasteiger partial charge in [0.15, 0.2) is 23.3 Å². The first-order chi connectivity index (χ1) is 8.86. The largest absolute Gasteiger partial charge is 0.206 e. The molecule has 0 saturated carbocycles. The SMILES string of the molecule is Fc1cccc(-c2c(F)c(F)c(F)c(F)c2F)c1I. The van der Waals surface area contributed by atoms with Crippen LogP contribution in [0.5, 0.6) is 0 Å². The maximum absolute atomic E-state index is 13.6. The number of hydrogen-bond donors (Lipinski definition) is 0. The van der Waals surface area contributed by atoms with Crippen molar-refractivity contribution in [3.63, 3.8) is 0 Å². The summed E-state index contributed by atoms with van der Waals surface area (Å²) < 4.78 is 79.2. The third kappa shape index (κ3) is 2.19. The molecule has 19 heavy (non-hydrogen) atoms. The van der Waals surface area contributed by atoms with Crippen molar-refractivity contribution >= 4 is 22.6 Å². The first-order valence-electron chi connectivity index (χ1n) is 4.82. The van der Waals surface area contributed by atoms with Crippen molar-refractivity contribution < 1.29 is 26.3 Å². The Kier molecular flexibility index (Phi) is 3.75. The minimum absolute atomic E-state index is 0.233. The third-order valence-corrected chi connectivity index (χ3v) is 3.53. The molecule has 2 aromatic carbocycles. The highest BCUT2D eigenvalue weighted by atomic mass is 127. The molecule has 0 nitrogen and oxygen atoms in total. The van der Waals surface area contributed by atoms with Crippen LogP contribution in [0, 0.1) is 38.5 Å². The van der Waals surface area contributed by atoms with Crippen LogP contribution in [0.2, 0.25) is 0 Å². The smallest absolute Gasteiger partial charge is 0.200 e. The van der Waals surface area contributed by atoms with Crippen LogP contribution in [-0.2, 0) is 0 Å². The van der Waals surface area contributed by atoms with Crippen LogP contribution >= 0.6 is 22.6 Å². The van der Waals surface area contributed by atoms with Gasteiger partial charge in [-0.05, 0) is 28.7 Å². The highest BCUT2D eigenvalue weighted by molar-refractivity contribution is 14.1. The second kappa shape index (κ2) is 5.03. The first kappa shape index (κ1) is 14.2. The fourth-order valence-electron chi connectivity index (χ4n) is 1.54. The Balaban J connectivity index is 2.87. The molecule has 100 valence electrons. The molecule has 0 heterocycles. The van der Waals surface area contributed by atoms with E-state index in [-0.39, 0.29) is 3.57 Å². The molecule has 2 rings (SSSR count). The van der Waals surface area contributed by atoms with Gasteiger partial charge in [0, 0.05) is 5.56 Å². The summed E-state index contributed by atoms with van der Waals surface area (Å²) in [4.78, 5) is 0. The summed E-state index contributed by atoms with van der Waals surface area (Å²) in [7, 11) is 0. The Morgan fingerprint density at radius 3 is 1.68 bits per heavy atom. The van der Waals surface area contributed by atoms with E-state index in [1.165, 1.54) is 22.6 Å². The monoisotopic (exact) mass is 388 g/mol. The van der Waals surface area contributed by atoms with Gasteiger partial charge in [0.1, 0.15) is 5.82 Å². The molecular weight excluding hydrogens is 385 g/mol. The van der Waals surface area contributed by atoms with Crippen molar-refractivity contribution in [1.82, 2.24) is 0 Å². The molecule has 0 aliphatic carbocycles. The average molecular weight is 388 g/mol. The summed E-state index contributed by atoms with van der Waals surface area (Å²) in [5.41, 5.74) is -1.53. The molecule has 0 atom stereocenters. The number of halogens is 7. The maximum atomic E-state index is 13.6. The van der Waals surface area contributed by atoms with E-state index in [4.69, 9.17) is 0 Å². The summed E-state index contributed by atoms with van der Waals surface area (Å²) in [5, 5.41) is 0.